The van der Waals surface area contributed by atoms with Crippen molar-refractivity contribution in [2.24, 2.45) is 0 Å². The maximum absolute atomic E-state index is 11.0. The molecule has 0 bridgehead atoms. The predicted octanol–water partition coefficient (Wildman–Crippen LogP) is -1.59. The van der Waals surface area contributed by atoms with Gasteiger partial charge < -0.3 is 34.2 Å². The first-order chi connectivity index (χ1) is 7.20. The molecule has 1 aromatic rings. The number of phenolic OH excluding ortho intramolecular Hbond substituents is 3. The standard InChI is InChI=1S/C7H7O8P.Ca/c8-4-1-3(2-5(9)6(4)10)7(11)15-16(12,13)14;/h1-2,8-10H,(H2,12,13,14);/q;+2/p-2. The molecule has 0 aromatic heterocycles. The van der Waals surface area contributed by atoms with Crippen LogP contribution in [0.15, 0.2) is 12.1 Å². The number of carbonyl (C=O) groups excluding carboxylic acids is 1. The summed E-state index contributed by atoms with van der Waals surface area (Å²) < 4.78 is 13.6. The van der Waals surface area contributed by atoms with E-state index in [0.717, 1.165) is 0 Å². The minimum Gasteiger partial charge on any atom is -0.780 e. The van der Waals surface area contributed by atoms with Crippen LogP contribution in [0.1, 0.15) is 10.4 Å². The minimum absolute atomic E-state index is 0. The van der Waals surface area contributed by atoms with E-state index >= 15 is 0 Å². The Morgan fingerprint density at radius 3 is 1.94 bits per heavy atom. The molecule has 0 saturated heterocycles. The van der Waals surface area contributed by atoms with Crippen LogP contribution >= 0.6 is 7.82 Å². The van der Waals surface area contributed by atoms with Gasteiger partial charge in [-0.3, -0.25) is 0 Å². The Labute approximate surface area is 125 Å². The summed E-state index contributed by atoms with van der Waals surface area (Å²) in [6, 6.07) is 1.26. The monoisotopic (exact) mass is 288 g/mol. The normalized spacial score (nSPS) is 10.5. The van der Waals surface area contributed by atoms with Crippen LogP contribution in [0.25, 0.3) is 0 Å². The second-order valence-electron chi connectivity index (χ2n) is 2.69. The van der Waals surface area contributed by atoms with Crippen LogP contribution in [-0.2, 0) is 9.09 Å². The van der Waals surface area contributed by atoms with Crippen LogP contribution in [0.3, 0.4) is 0 Å². The van der Waals surface area contributed by atoms with Crippen molar-refractivity contribution >= 4 is 51.5 Å². The summed E-state index contributed by atoms with van der Waals surface area (Å²) in [4.78, 5) is 31.2. The average molecular weight is 288 g/mol. The van der Waals surface area contributed by atoms with Crippen LogP contribution in [-0.4, -0.2) is 59.0 Å². The summed E-state index contributed by atoms with van der Waals surface area (Å²) in [5.41, 5.74) is -0.597. The summed E-state index contributed by atoms with van der Waals surface area (Å²) in [6.07, 6.45) is 0. The Hall–Kier alpha value is -0.500. The van der Waals surface area contributed by atoms with Crippen molar-refractivity contribution in [3.8, 4) is 17.2 Å². The van der Waals surface area contributed by atoms with Crippen molar-refractivity contribution in [1.82, 2.24) is 0 Å². The van der Waals surface area contributed by atoms with Gasteiger partial charge in [0.1, 0.15) is 7.82 Å². The van der Waals surface area contributed by atoms with Gasteiger partial charge in [-0.25, -0.2) is 4.79 Å². The molecule has 0 heterocycles. The number of hydrogen-bond acceptors (Lipinski definition) is 8. The fourth-order valence-corrected chi connectivity index (χ4v) is 1.18. The van der Waals surface area contributed by atoms with E-state index in [4.69, 9.17) is 15.3 Å². The number of rotatable bonds is 2. The summed E-state index contributed by atoms with van der Waals surface area (Å²) in [5, 5.41) is 26.9. The van der Waals surface area contributed by atoms with Gasteiger partial charge in [-0.05, 0) is 12.1 Å². The molecular formula is C7H5CaO8P. The third-order valence-electron chi connectivity index (χ3n) is 1.50. The van der Waals surface area contributed by atoms with Crippen molar-refractivity contribution < 1.29 is 39.0 Å². The third-order valence-corrected chi connectivity index (χ3v) is 1.89. The van der Waals surface area contributed by atoms with Crippen molar-refractivity contribution in [2.75, 3.05) is 0 Å². The maximum Gasteiger partial charge on any atom is 2.00 e. The SMILES string of the molecule is O=C(OP(=O)([O-])[O-])c1cc(O)c(O)c(O)c1.[Ca+2]. The van der Waals surface area contributed by atoms with Crippen LogP contribution < -0.4 is 9.79 Å². The van der Waals surface area contributed by atoms with E-state index in [2.05, 4.69) is 4.52 Å². The molecule has 0 aliphatic rings. The molecule has 1 rings (SSSR count). The summed E-state index contributed by atoms with van der Waals surface area (Å²) in [7, 11) is -5.50. The molecule has 0 radical (unpaired) electrons. The zero-order chi connectivity index (χ0) is 12.5. The van der Waals surface area contributed by atoms with Crippen LogP contribution in [0, 0.1) is 0 Å². The van der Waals surface area contributed by atoms with Crippen molar-refractivity contribution in [3.63, 3.8) is 0 Å². The van der Waals surface area contributed by atoms with Gasteiger partial charge >= 0.3 is 43.7 Å². The number of phenols is 3. The third kappa shape index (κ3) is 4.71. The van der Waals surface area contributed by atoms with E-state index in [1.165, 1.54) is 0 Å². The molecule has 17 heavy (non-hydrogen) atoms. The molecule has 0 unspecified atom stereocenters. The molecule has 0 fully saturated rings. The fourth-order valence-electron chi connectivity index (χ4n) is 0.876. The fraction of sp³-hybridized carbons (Fsp3) is 0. The van der Waals surface area contributed by atoms with E-state index in [9.17, 15) is 19.1 Å². The number of carbonyl (C=O) groups is 1. The molecule has 0 atom stereocenters. The number of aromatic hydroxyl groups is 3. The molecule has 0 saturated carbocycles. The zero-order valence-electron chi connectivity index (χ0n) is 8.19. The van der Waals surface area contributed by atoms with Gasteiger partial charge in [0.15, 0.2) is 17.2 Å². The predicted molar refractivity (Wildman–Crippen MR) is 50.2 cm³/mol. The average Bonchev–Trinajstić information content (AvgIpc) is 2.10. The Bertz CT molecular complexity index is 458. The molecule has 1 aromatic carbocycles. The molecule has 3 N–H and O–H groups in total. The second-order valence-corrected chi connectivity index (χ2v) is 3.77. The van der Waals surface area contributed by atoms with E-state index in [-0.39, 0.29) is 37.7 Å². The van der Waals surface area contributed by atoms with E-state index < -0.39 is 36.6 Å². The van der Waals surface area contributed by atoms with Crippen LogP contribution in [0.4, 0.5) is 0 Å². The Balaban J connectivity index is 0.00000256. The van der Waals surface area contributed by atoms with E-state index in [1.807, 2.05) is 0 Å². The molecule has 0 spiro atoms. The minimum atomic E-state index is -5.50. The van der Waals surface area contributed by atoms with Crippen molar-refractivity contribution in [2.45, 2.75) is 0 Å². The summed E-state index contributed by atoms with van der Waals surface area (Å²) in [6.45, 7) is 0. The Morgan fingerprint density at radius 1 is 1.18 bits per heavy atom. The van der Waals surface area contributed by atoms with Gasteiger partial charge in [0, 0.05) is 0 Å². The van der Waals surface area contributed by atoms with Gasteiger partial charge in [0.25, 0.3) is 0 Å². The Morgan fingerprint density at radius 2 is 1.59 bits per heavy atom. The molecule has 88 valence electrons. The first-order valence-corrected chi connectivity index (χ1v) is 5.17. The molecule has 0 aliphatic carbocycles. The van der Waals surface area contributed by atoms with Gasteiger partial charge in [-0.2, -0.15) is 0 Å². The van der Waals surface area contributed by atoms with E-state index in [1.54, 1.807) is 0 Å². The molecular weight excluding hydrogens is 283 g/mol. The first kappa shape index (κ1) is 16.5. The summed E-state index contributed by atoms with van der Waals surface area (Å²) >= 11 is 0. The molecule has 0 amide bonds. The van der Waals surface area contributed by atoms with Gasteiger partial charge in [-0.15, -0.1) is 0 Å². The van der Waals surface area contributed by atoms with Gasteiger partial charge in [0.2, 0.25) is 0 Å². The first-order valence-electron chi connectivity index (χ1n) is 3.71. The molecule has 10 heteroatoms. The van der Waals surface area contributed by atoms with Gasteiger partial charge in [-0.1, -0.05) is 0 Å². The summed E-state index contributed by atoms with van der Waals surface area (Å²) in [5.74, 6) is -4.18. The van der Waals surface area contributed by atoms with Crippen molar-refractivity contribution in [1.29, 1.82) is 0 Å². The van der Waals surface area contributed by atoms with E-state index in [0.29, 0.717) is 12.1 Å². The molecule has 8 nitrogen and oxygen atoms in total. The Kier molecular flexibility index (Phi) is 5.73. The largest absolute Gasteiger partial charge is 2.00 e. The zero-order valence-corrected chi connectivity index (χ0v) is 11.3. The molecule has 0 aliphatic heterocycles. The topological polar surface area (TPSA) is 150 Å². The number of phosphoric ester groups is 1. The number of phosphoric acid groups is 1. The second kappa shape index (κ2) is 5.90. The van der Waals surface area contributed by atoms with Crippen molar-refractivity contribution in [3.05, 3.63) is 17.7 Å². The van der Waals surface area contributed by atoms with Gasteiger partial charge in [0.05, 0.1) is 5.56 Å². The van der Waals surface area contributed by atoms with Crippen LogP contribution in [0.2, 0.25) is 0 Å². The number of benzene rings is 1. The quantitative estimate of drug-likeness (QED) is 0.335. The maximum atomic E-state index is 11.0. The smallest absolute Gasteiger partial charge is 0.780 e. The number of hydrogen-bond donors (Lipinski definition) is 3. The van der Waals surface area contributed by atoms with Crippen LogP contribution in [0.5, 0.6) is 17.2 Å².